The lowest BCUT2D eigenvalue weighted by molar-refractivity contribution is 0.508. The van der Waals surface area contributed by atoms with Gasteiger partial charge in [-0.25, -0.2) is 0 Å². The minimum absolute atomic E-state index is 0.677. The minimum Gasteiger partial charge on any atom is -0.317 e. The molecule has 1 atom stereocenters. The first-order valence-electron chi connectivity index (χ1n) is 4.02. The number of nitrogens with one attached hydrogen (secondary N) is 1. The highest BCUT2D eigenvalue weighted by Crippen LogP contribution is 2.06. The zero-order valence-corrected chi connectivity index (χ0v) is 7.41. The summed E-state index contributed by atoms with van der Waals surface area (Å²) in [6, 6.07) is 0.677. The molecule has 0 aliphatic rings. The molecule has 0 bridgehead atoms. The fourth-order valence-electron chi connectivity index (χ4n) is 0.973. The Balaban J connectivity index is 3.34. The van der Waals surface area contributed by atoms with Crippen molar-refractivity contribution >= 4 is 0 Å². The van der Waals surface area contributed by atoms with Crippen molar-refractivity contribution in [2.24, 2.45) is 0 Å². The van der Waals surface area contributed by atoms with Gasteiger partial charge in [-0.2, -0.15) is 0 Å². The molecule has 0 saturated heterocycles. The highest BCUT2D eigenvalue weighted by Gasteiger charge is 2.00. The van der Waals surface area contributed by atoms with Gasteiger partial charge in [0.15, 0.2) is 0 Å². The number of hydrogen-bond donors (Lipinski definition) is 1. The first-order chi connectivity index (χ1) is 4.70. The second-order valence-corrected chi connectivity index (χ2v) is 2.89. The molecule has 0 aliphatic heterocycles. The van der Waals surface area contributed by atoms with Crippen molar-refractivity contribution in [2.45, 2.75) is 39.2 Å². The average Bonchev–Trinajstić information content (AvgIpc) is 1.90. The molecule has 0 fully saturated rings. The Kier molecular flexibility index (Phi) is 5.32. The Hall–Kier alpha value is -0.300. The van der Waals surface area contributed by atoms with Gasteiger partial charge in [0.05, 0.1) is 0 Å². The van der Waals surface area contributed by atoms with E-state index in [-0.39, 0.29) is 0 Å². The molecular weight excluding hydrogens is 122 g/mol. The molecule has 0 radical (unpaired) electrons. The van der Waals surface area contributed by atoms with Crippen LogP contribution in [0.4, 0.5) is 0 Å². The van der Waals surface area contributed by atoms with Crippen molar-refractivity contribution in [3.8, 4) is 0 Å². The molecule has 0 aromatic heterocycles. The first kappa shape index (κ1) is 9.70. The molecule has 0 saturated carbocycles. The van der Waals surface area contributed by atoms with Gasteiger partial charge < -0.3 is 5.32 Å². The molecule has 0 aromatic rings. The molecule has 10 heavy (non-hydrogen) atoms. The van der Waals surface area contributed by atoms with Crippen LogP contribution in [0, 0.1) is 0 Å². The van der Waals surface area contributed by atoms with Gasteiger partial charge in [0.2, 0.25) is 0 Å². The third-order valence-electron chi connectivity index (χ3n) is 1.82. The Labute approximate surface area is 64.5 Å². The van der Waals surface area contributed by atoms with Crippen molar-refractivity contribution in [3.05, 3.63) is 12.2 Å². The molecule has 0 heterocycles. The molecule has 1 nitrogen and oxygen atoms in total. The smallest absolute Gasteiger partial charge is 0.00644 e. The molecule has 1 unspecified atom stereocenters. The number of hydrogen-bond acceptors (Lipinski definition) is 1. The average molecular weight is 141 g/mol. The van der Waals surface area contributed by atoms with Crippen LogP contribution < -0.4 is 5.32 Å². The van der Waals surface area contributed by atoms with E-state index < -0.39 is 0 Å². The highest BCUT2D eigenvalue weighted by atomic mass is 14.9. The topological polar surface area (TPSA) is 12.0 Å². The number of rotatable bonds is 5. The van der Waals surface area contributed by atoms with Crippen LogP contribution in [0.5, 0.6) is 0 Å². The molecule has 0 amide bonds. The Bertz CT molecular complexity index is 92.9. The zero-order valence-electron chi connectivity index (χ0n) is 7.41. The summed E-state index contributed by atoms with van der Waals surface area (Å²) in [6.45, 7) is 8.16. The minimum atomic E-state index is 0.677. The fraction of sp³-hybridized carbons (Fsp3) is 0.778. The SMILES string of the molecule is C=C(C)CCC(CC)NC. The van der Waals surface area contributed by atoms with E-state index in [1.807, 2.05) is 7.05 Å². The van der Waals surface area contributed by atoms with Gasteiger partial charge in [-0.05, 0) is 33.2 Å². The van der Waals surface area contributed by atoms with Crippen molar-refractivity contribution < 1.29 is 0 Å². The highest BCUT2D eigenvalue weighted by molar-refractivity contribution is 4.88. The van der Waals surface area contributed by atoms with Crippen LogP contribution >= 0.6 is 0 Å². The van der Waals surface area contributed by atoms with E-state index in [9.17, 15) is 0 Å². The van der Waals surface area contributed by atoms with E-state index in [0.717, 1.165) is 6.42 Å². The molecule has 60 valence electrons. The second-order valence-electron chi connectivity index (χ2n) is 2.89. The lowest BCUT2D eigenvalue weighted by Crippen LogP contribution is -2.23. The Morgan fingerprint density at radius 2 is 2.20 bits per heavy atom. The van der Waals surface area contributed by atoms with Crippen LogP contribution in [0.25, 0.3) is 0 Å². The van der Waals surface area contributed by atoms with Gasteiger partial charge in [-0.3, -0.25) is 0 Å². The maximum Gasteiger partial charge on any atom is 0.00644 e. The molecule has 1 N–H and O–H groups in total. The third kappa shape index (κ3) is 4.57. The van der Waals surface area contributed by atoms with Crippen molar-refractivity contribution in [3.63, 3.8) is 0 Å². The lowest BCUT2D eigenvalue weighted by Gasteiger charge is -2.12. The molecule has 1 heteroatoms. The van der Waals surface area contributed by atoms with Gasteiger partial charge in [0, 0.05) is 6.04 Å². The lowest BCUT2D eigenvalue weighted by atomic mass is 10.1. The summed E-state index contributed by atoms with van der Waals surface area (Å²) in [4.78, 5) is 0. The largest absolute Gasteiger partial charge is 0.317 e. The maximum atomic E-state index is 3.87. The van der Waals surface area contributed by atoms with Gasteiger partial charge in [0.1, 0.15) is 0 Å². The van der Waals surface area contributed by atoms with E-state index in [4.69, 9.17) is 0 Å². The summed E-state index contributed by atoms with van der Waals surface area (Å²) in [5.41, 5.74) is 1.29. The van der Waals surface area contributed by atoms with E-state index in [2.05, 4.69) is 25.7 Å². The van der Waals surface area contributed by atoms with Crippen LogP contribution in [-0.2, 0) is 0 Å². The summed E-state index contributed by atoms with van der Waals surface area (Å²) in [6.07, 6.45) is 3.59. The predicted molar refractivity (Wildman–Crippen MR) is 47.2 cm³/mol. The van der Waals surface area contributed by atoms with E-state index in [0.29, 0.717) is 6.04 Å². The maximum absolute atomic E-state index is 3.87. The summed E-state index contributed by atoms with van der Waals surface area (Å²) >= 11 is 0. The molecule has 0 rings (SSSR count). The van der Waals surface area contributed by atoms with Crippen molar-refractivity contribution in [1.29, 1.82) is 0 Å². The normalized spacial score (nSPS) is 13.1. The second kappa shape index (κ2) is 5.48. The van der Waals surface area contributed by atoms with Crippen molar-refractivity contribution in [1.82, 2.24) is 5.32 Å². The Morgan fingerprint density at radius 3 is 2.50 bits per heavy atom. The van der Waals surface area contributed by atoms with Crippen LogP contribution in [0.15, 0.2) is 12.2 Å². The van der Waals surface area contributed by atoms with E-state index in [1.165, 1.54) is 18.4 Å². The molecule has 0 spiro atoms. The van der Waals surface area contributed by atoms with Gasteiger partial charge >= 0.3 is 0 Å². The van der Waals surface area contributed by atoms with Crippen LogP contribution in [0.1, 0.15) is 33.1 Å². The summed E-state index contributed by atoms with van der Waals surface area (Å²) < 4.78 is 0. The zero-order chi connectivity index (χ0) is 7.98. The molecule has 0 aliphatic carbocycles. The van der Waals surface area contributed by atoms with Gasteiger partial charge in [-0.15, -0.1) is 6.58 Å². The van der Waals surface area contributed by atoms with Crippen LogP contribution in [-0.4, -0.2) is 13.1 Å². The summed E-state index contributed by atoms with van der Waals surface area (Å²) in [7, 11) is 2.02. The summed E-state index contributed by atoms with van der Waals surface area (Å²) in [5, 5.41) is 3.27. The molecule has 0 aromatic carbocycles. The van der Waals surface area contributed by atoms with Gasteiger partial charge in [0.25, 0.3) is 0 Å². The quantitative estimate of drug-likeness (QED) is 0.579. The first-order valence-corrected chi connectivity index (χ1v) is 4.02. The summed E-state index contributed by atoms with van der Waals surface area (Å²) in [5.74, 6) is 0. The standard InChI is InChI=1S/C9H19N/c1-5-9(10-4)7-6-8(2)3/h9-10H,2,5-7H2,1,3-4H3. The van der Waals surface area contributed by atoms with Crippen LogP contribution in [0.3, 0.4) is 0 Å². The fourth-order valence-corrected chi connectivity index (χ4v) is 0.973. The van der Waals surface area contributed by atoms with E-state index >= 15 is 0 Å². The molecular formula is C9H19N. The van der Waals surface area contributed by atoms with E-state index in [1.54, 1.807) is 0 Å². The Morgan fingerprint density at radius 1 is 1.60 bits per heavy atom. The van der Waals surface area contributed by atoms with Crippen LogP contribution in [0.2, 0.25) is 0 Å². The van der Waals surface area contributed by atoms with Gasteiger partial charge in [-0.1, -0.05) is 12.5 Å². The number of allylic oxidation sites excluding steroid dienone is 1. The van der Waals surface area contributed by atoms with Crippen molar-refractivity contribution in [2.75, 3.05) is 7.05 Å². The monoisotopic (exact) mass is 141 g/mol. The predicted octanol–water partition coefficient (Wildman–Crippen LogP) is 2.34. The third-order valence-corrected chi connectivity index (χ3v) is 1.82.